The van der Waals surface area contributed by atoms with Crippen LogP contribution in [0.3, 0.4) is 0 Å². The van der Waals surface area contributed by atoms with Gasteiger partial charge in [-0.05, 0) is 0 Å². The van der Waals surface area contributed by atoms with E-state index >= 15 is 0 Å². The molecule has 1 aliphatic rings. The molecule has 0 spiro atoms. The SMILES string of the molecule is C1=C(c2ccccc2)[Se][C@](/C=C/c2ccccc2)(c2ccccc2)[C@@H]1c1ccccc1. The van der Waals surface area contributed by atoms with Crippen LogP contribution in [0.5, 0.6) is 0 Å². The number of rotatable bonds is 5. The molecule has 0 saturated carbocycles. The summed E-state index contributed by atoms with van der Waals surface area (Å²) in [6, 6.07) is 43.6. The predicted molar refractivity (Wildman–Crippen MR) is 133 cm³/mol. The normalized spacial score (nSPS) is 20.6. The first kappa shape index (κ1) is 19.8. The van der Waals surface area contributed by atoms with E-state index < -0.39 is 0 Å². The third-order valence-electron chi connectivity index (χ3n) is 5.82. The molecule has 0 aliphatic carbocycles. The quantitative estimate of drug-likeness (QED) is 0.276. The standard InChI is InChI=1S/C30H24Se/c1-5-13-24(14-6-1)21-22-30(27-19-11-4-12-20-27)28(25-15-7-2-8-16-25)23-29(31-30)26-17-9-3-10-18-26/h1-23,28H/b22-21+/t28-,30+/m0/s1. The van der Waals surface area contributed by atoms with Crippen LogP contribution in [0.4, 0.5) is 0 Å². The molecule has 0 amide bonds. The van der Waals surface area contributed by atoms with Crippen molar-refractivity contribution in [2.75, 3.05) is 0 Å². The van der Waals surface area contributed by atoms with Crippen molar-refractivity contribution in [3.8, 4) is 0 Å². The molecule has 4 aromatic carbocycles. The summed E-state index contributed by atoms with van der Waals surface area (Å²) in [5.74, 6) is 0.297. The van der Waals surface area contributed by atoms with Crippen LogP contribution >= 0.6 is 0 Å². The Morgan fingerprint density at radius 1 is 0.613 bits per heavy atom. The van der Waals surface area contributed by atoms with Crippen LogP contribution in [0, 0.1) is 0 Å². The second kappa shape index (κ2) is 8.94. The molecule has 31 heavy (non-hydrogen) atoms. The third-order valence-corrected chi connectivity index (χ3v) is 9.09. The van der Waals surface area contributed by atoms with Gasteiger partial charge in [0.15, 0.2) is 0 Å². The van der Waals surface area contributed by atoms with E-state index in [2.05, 4.69) is 140 Å². The maximum absolute atomic E-state index is 2.52. The molecule has 0 N–H and O–H groups in total. The van der Waals surface area contributed by atoms with Crippen molar-refractivity contribution in [3.05, 3.63) is 156 Å². The van der Waals surface area contributed by atoms with Gasteiger partial charge in [0.25, 0.3) is 0 Å². The summed E-state index contributed by atoms with van der Waals surface area (Å²) >= 11 is 0.238. The van der Waals surface area contributed by atoms with Gasteiger partial charge in [0.2, 0.25) is 0 Å². The van der Waals surface area contributed by atoms with Gasteiger partial charge < -0.3 is 0 Å². The molecule has 1 heteroatoms. The molecule has 150 valence electrons. The van der Waals surface area contributed by atoms with Gasteiger partial charge in [-0.25, -0.2) is 0 Å². The Balaban J connectivity index is 1.68. The van der Waals surface area contributed by atoms with Gasteiger partial charge in [0.05, 0.1) is 0 Å². The van der Waals surface area contributed by atoms with Crippen molar-refractivity contribution in [3.63, 3.8) is 0 Å². The van der Waals surface area contributed by atoms with Crippen molar-refractivity contribution in [1.29, 1.82) is 0 Å². The Morgan fingerprint density at radius 3 is 1.81 bits per heavy atom. The Kier molecular flexibility index (Phi) is 5.71. The minimum atomic E-state index is -0.0728. The first-order valence-electron chi connectivity index (χ1n) is 10.7. The van der Waals surface area contributed by atoms with E-state index in [0.29, 0.717) is 5.92 Å². The summed E-state index contributed by atoms with van der Waals surface area (Å²) in [5.41, 5.74) is 5.35. The van der Waals surface area contributed by atoms with Gasteiger partial charge in [0, 0.05) is 0 Å². The van der Waals surface area contributed by atoms with E-state index in [1.165, 1.54) is 26.7 Å². The van der Waals surface area contributed by atoms with Crippen molar-refractivity contribution in [2.24, 2.45) is 0 Å². The molecule has 0 saturated heterocycles. The number of hydrogen-bond acceptors (Lipinski definition) is 0. The van der Waals surface area contributed by atoms with E-state index in [-0.39, 0.29) is 19.3 Å². The topological polar surface area (TPSA) is 0 Å². The third kappa shape index (κ3) is 4.08. The molecule has 0 bridgehead atoms. The Labute approximate surface area is 191 Å². The summed E-state index contributed by atoms with van der Waals surface area (Å²) in [6.45, 7) is 0. The van der Waals surface area contributed by atoms with Gasteiger partial charge >= 0.3 is 191 Å². The molecule has 1 heterocycles. The molecule has 5 rings (SSSR count). The Morgan fingerprint density at radius 2 is 1.16 bits per heavy atom. The van der Waals surface area contributed by atoms with E-state index in [1.807, 2.05) is 0 Å². The zero-order valence-corrected chi connectivity index (χ0v) is 19.0. The van der Waals surface area contributed by atoms with E-state index in [1.54, 1.807) is 0 Å². The maximum atomic E-state index is 2.52. The summed E-state index contributed by atoms with van der Waals surface area (Å²) in [6.07, 6.45) is 7.31. The first-order valence-corrected chi connectivity index (χ1v) is 12.4. The summed E-state index contributed by atoms with van der Waals surface area (Å²) in [4.78, 5) is 0. The van der Waals surface area contributed by atoms with Crippen LogP contribution in [0.1, 0.15) is 28.2 Å². The van der Waals surface area contributed by atoms with Crippen LogP contribution in [0.2, 0.25) is 0 Å². The fourth-order valence-electron chi connectivity index (χ4n) is 4.27. The Bertz CT molecular complexity index is 1180. The molecular weight excluding hydrogens is 439 g/mol. The van der Waals surface area contributed by atoms with Gasteiger partial charge in [-0.3, -0.25) is 0 Å². The predicted octanol–water partition coefficient (Wildman–Crippen LogP) is 7.14. The van der Waals surface area contributed by atoms with Gasteiger partial charge in [-0.15, -0.1) is 0 Å². The Hall–Kier alpha value is -3.12. The molecule has 0 aromatic heterocycles. The number of hydrogen-bond donors (Lipinski definition) is 0. The van der Waals surface area contributed by atoms with Crippen LogP contribution in [-0.2, 0) is 4.31 Å². The first-order chi connectivity index (χ1) is 15.4. The summed E-state index contributed by atoms with van der Waals surface area (Å²) < 4.78 is 1.40. The molecule has 0 radical (unpaired) electrons. The van der Waals surface area contributed by atoms with Crippen LogP contribution in [-0.4, -0.2) is 15.0 Å². The molecule has 0 nitrogen and oxygen atoms in total. The van der Waals surface area contributed by atoms with Crippen LogP contribution in [0.25, 0.3) is 10.5 Å². The van der Waals surface area contributed by atoms with Gasteiger partial charge in [0.1, 0.15) is 0 Å². The monoisotopic (exact) mass is 464 g/mol. The molecule has 0 fully saturated rings. The van der Waals surface area contributed by atoms with Crippen LogP contribution < -0.4 is 0 Å². The second-order valence-corrected chi connectivity index (χ2v) is 10.6. The average Bonchev–Trinajstić information content (AvgIpc) is 3.26. The van der Waals surface area contributed by atoms with Crippen molar-refractivity contribution < 1.29 is 0 Å². The zero-order valence-electron chi connectivity index (χ0n) is 17.3. The number of benzene rings is 4. The second-order valence-electron chi connectivity index (χ2n) is 7.79. The van der Waals surface area contributed by atoms with E-state index in [4.69, 9.17) is 0 Å². The van der Waals surface area contributed by atoms with Crippen molar-refractivity contribution in [1.82, 2.24) is 0 Å². The van der Waals surface area contributed by atoms with Gasteiger partial charge in [-0.2, -0.15) is 0 Å². The minimum absolute atomic E-state index is 0.0728. The van der Waals surface area contributed by atoms with Crippen molar-refractivity contribution in [2.45, 2.75) is 10.2 Å². The zero-order chi connectivity index (χ0) is 20.9. The van der Waals surface area contributed by atoms with Crippen molar-refractivity contribution >= 4 is 25.5 Å². The molecular formula is C30H24Se. The van der Waals surface area contributed by atoms with E-state index in [9.17, 15) is 0 Å². The molecule has 4 aromatic rings. The van der Waals surface area contributed by atoms with E-state index in [0.717, 1.165) is 0 Å². The van der Waals surface area contributed by atoms with Crippen LogP contribution in [0.15, 0.2) is 133 Å². The fourth-order valence-corrected chi connectivity index (χ4v) is 7.51. The average molecular weight is 463 g/mol. The van der Waals surface area contributed by atoms with Gasteiger partial charge in [-0.1, -0.05) is 0 Å². The number of allylic oxidation sites excluding steroid dienone is 2. The summed E-state index contributed by atoms with van der Waals surface area (Å²) in [5, 5.41) is 0. The summed E-state index contributed by atoms with van der Waals surface area (Å²) in [7, 11) is 0. The molecule has 0 unspecified atom stereocenters. The molecule has 2 atom stereocenters. The fraction of sp³-hybridized carbons (Fsp3) is 0.0667. The molecule has 1 aliphatic heterocycles.